The number of aryl methyl sites for hydroxylation is 1. The molecule has 0 aromatic carbocycles. The van der Waals surface area contributed by atoms with Gasteiger partial charge in [-0.3, -0.25) is 8.89 Å². The third kappa shape index (κ3) is 3.09. The number of nitrogens with two attached hydrogens (primary N) is 1. The lowest BCUT2D eigenvalue weighted by Crippen LogP contribution is -2.04. The van der Waals surface area contributed by atoms with Gasteiger partial charge < -0.3 is 10.5 Å². The van der Waals surface area contributed by atoms with Gasteiger partial charge in [-0.05, 0) is 30.4 Å². The predicted molar refractivity (Wildman–Crippen MR) is 101 cm³/mol. The van der Waals surface area contributed by atoms with Crippen molar-refractivity contribution in [2.45, 2.75) is 23.0 Å². The SMILES string of the molecule is COCCS(=O)c1sc2nc(-c3cnn(C)c3)cc(C3CC3)c2c1N. The molecule has 1 unspecified atom stereocenters. The maximum absolute atomic E-state index is 12.6. The lowest BCUT2D eigenvalue weighted by Gasteiger charge is -2.06. The molecule has 0 spiro atoms. The lowest BCUT2D eigenvalue weighted by molar-refractivity contribution is 0.218. The molecule has 1 fully saturated rings. The van der Waals surface area contributed by atoms with Crippen molar-refractivity contribution in [1.82, 2.24) is 14.8 Å². The number of fused-ring (bicyclic) bond motifs is 1. The Kier molecular flexibility index (Phi) is 4.35. The van der Waals surface area contributed by atoms with Crippen LogP contribution in [-0.4, -0.2) is 38.4 Å². The van der Waals surface area contributed by atoms with Crippen LogP contribution in [0.1, 0.15) is 24.3 Å². The number of anilines is 1. The van der Waals surface area contributed by atoms with Gasteiger partial charge in [-0.2, -0.15) is 5.10 Å². The van der Waals surface area contributed by atoms with Crippen LogP contribution in [0.4, 0.5) is 5.69 Å². The average molecular weight is 377 g/mol. The molecule has 3 heterocycles. The number of aromatic nitrogens is 3. The van der Waals surface area contributed by atoms with Crippen LogP contribution in [0.3, 0.4) is 0 Å². The molecule has 1 aliphatic carbocycles. The molecule has 4 rings (SSSR count). The Hall–Kier alpha value is -1.77. The van der Waals surface area contributed by atoms with Crippen molar-refractivity contribution in [2.24, 2.45) is 7.05 Å². The Bertz CT molecular complexity index is 959. The van der Waals surface area contributed by atoms with Gasteiger partial charge in [0, 0.05) is 31.3 Å². The number of hydrogen-bond acceptors (Lipinski definition) is 6. The maximum atomic E-state index is 12.6. The van der Waals surface area contributed by atoms with Crippen molar-refractivity contribution >= 4 is 38.0 Å². The smallest absolute Gasteiger partial charge is 0.127 e. The number of methoxy groups -OCH3 is 1. The first-order chi connectivity index (χ1) is 12.1. The molecule has 25 heavy (non-hydrogen) atoms. The highest BCUT2D eigenvalue weighted by molar-refractivity contribution is 7.87. The molecule has 3 aromatic heterocycles. The summed E-state index contributed by atoms with van der Waals surface area (Å²) < 4.78 is 20.1. The molecular weight excluding hydrogens is 356 g/mol. The average Bonchev–Trinajstić information content (AvgIpc) is 3.28. The first-order valence-electron chi connectivity index (χ1n) is 8.17. The third-order valence-corrected chi connectivity index (χ3v) is 7.27. The number of pyridine rings is 1. The summed E-state index contributed by atoms with van der Waals surface area (Å²) in [5, 5.41) is 5.23. The van der Waals surface area contributed by atoms with Gasteiger partial charge >= 0.3 is 0 Å². The molecule has 0 saturated heterocycles. The fourth-order valence-electron chi connectivity index (χ4n) is 2.97. The van der Waals surface area contributed by atoms with E-state index in [1.165, 1.54) is 29.7 Å². The van der Waals surface area contributed by atoms with Gasteiger partial charge in [-0.1, -0.05) is 0 Å². The van der Waals surface area contributed by atoms with E-state index in [0.717, 1.165) is 21.5 Å². The van der Waals surface area contributed by atoms with Crippen LogP contribution in [-0.2, 0) is 22.6 Å². The van der Waals surface area contributed by atoms with Crippen LogP contribution < -0.4 is 5.73 Å². The van der Waals surface area contributed by atoms with E-state index < -0.39 is 10.8 Å². The molecule has 0 radical (unpaired) electrons. The highest BCUT2D eigenvalue weighted by Gasteiger charge is 2.29. The molecule has 1 aliphatic rings. The molecule has 1 saturated carbocycles. The van der Waals surface area contributed by atoms with Gasteiger partial charge in [-0.25, -0.2) is 4.98 Å². The molecule has 0 aliphatic heterocycles. The van der Waals surface area contributed by atoms with Gasteiger partial charge in [0.2, 0.25) is 0 Å². The molecule has 6 nitrogen and oxygen atoms in total. The quantitative estimate of drug-likeness (QED) is 0.715. The van der Waals surface area contributed by atoms with Crippen molar-refractivity contribution < 1.29 is 8.95 Å². The van der Waals surface area contributed by atoms with E-state index in [1.807, 2.05) is 19.4 Å². The summed E-state index contributed by atoms with van der Waals surface area (Å²) in [5.41, 5.74) is 10.1. The number of hydrogen-bond donors (Lipinski definition) is 1. The van der Waals surface area contributed by atoms with E-state index in [4.69, 9.17) is 15.5 Å². The summed E-state index contributed by atoms with van der Waals surface area (Å²) in [7, 11) is 2.34. The molecule has 3 aromatic rings. The monoisotopic (exact) mass is 376 g/mol. The normalized spacial score (nSPS) is 15.8. The summed E-state index contributed by atoms with van der Waals surface area (Å²) in [5.74, 6) is 0.972. The van der Waals surface area contributed by atoms with E-state index >= 15 is 0 Å². The Morgan fingerprint density at radius 1 is 1.48 bits per heavy atom. The van der Waals surface area contributed by atoms with Crippen molar-refractivity contribution in [3.63, 3.8) is 0 Å². The predicted octanol–water partition coefficient (Wildman–Crippen LogP) is 2.91. The maximum Gasteiger partial charge on any atom is 0.127 e. The number of nitrogen functional groups attached to an aromatic ring is 1. The van der Waals surface area contributed by atoms with Crippen LogP contribution in [0.25, 0.3) is 21.5 Å². The summed E-state index contributed by atoms with van der Waals surface area (Å²) >= 11 is 1.44. The van der Waals surface area contributed by atoms with E-state index in [1.54, 1.807) is 11.8 Å². The minimum absolute atomic E-state index is 0.446. The third-order valence-electron chi connectivity index (χ3n) is 4.39. The fourth-order valence-corrected chi connectivity index (χ4v) is 5.54. The zero-order chi connectivity index (χ0) is 17.6. The van der Waals surface area contributed by atoms with E-state index in [9.17, 15) is 4.21 Å². The molecule has 8 heteroatoms. The summed E-state index contributed by atoms with van der Waals surface area (Å²) in [4.78, 5) is 5.66. The van der Waals surface area contributed by atoms with Gasteiger partial charge in [0.05, 0.1) is 40.7 Å². The van der Waals surface area contributed by atoms with Crippen LogP contribution in [0.2, 0.25) is 0 Å². The molecule has 1 atom stereocenters. The lowest BCUT2D eigenvalue weighted by atomic mass is 10.0. The number of ether oxygens (including phenoxy) is 1. The highest BCUT2D eigenvalue weighted by atomic mass is 32.2. The van der Waals surface area contributed by atoms with Crippen molar-refractivity contribution in [3.05, 3.63) is 24.0 Å². The summed E-state index contributed by atoms with van der Waals surface area (Å²) in [6.45, 7) is 0.449. The standard InChI is InChI=1S/C17H20N4O2S2/c1-21-9-11(8-19-21)13-7-12(10-3-4-10)14-15(18)17(24-16(14)20-13)25(22)6-5-23-2/h7-10H,3-6,18H2,1-2H3. The zero-order valence-corrected chi connectivity index (χ0v) is 15.8. The number of thiophene rings is 1. The Morgan fingerprint density at radius 2 is 2.28 bits per heavy atom. The van der Waals surface area contributed by atoms with Gasteiger partial charge in [0.15, 0.2) is 0 Å². The Balaban J connectivity index is 1.85. The molecule has 0 bridgehead atoms. The Labute approximate surface area is 152 Å². The summed E-state index contributed by atoms with van der Waals surface area (Å²) in [6.07, 6.45) is 6.12. The molecular formula is C17H20N4O2S2. The van der Waals surface area contributed by atoms with Crippen molar-refractivity contribution in [2.75, 3.05) is 25.2 Å². The fraction of sp³-hybridized carbons (Fsp3) is 0.412. The summed E-state index contributed by atoms with van der Waals surface area (Å²) in [6, 6.07) is 2.13. The number of nitrogens with zero attached hydrogens (tertiary/aromatic N) is 3. The first kappa shape index (κ1) is 16.7. The minimum atomic E-state index is -1.16. The van der Waals surface area contributed by atoms with Crippen LogP contribution in [0.5, 0.6) is 0 Å². The van der Waals surface area contributed by atoms with Crippen LogP contribution in [0.15, 0.2) is 22.7 Å². The second-order valence-corrected chi connectivity index (χ2v) is 9.06. The van der Waals surface area contributed by atoms with Crippen molar-refractivity contribution in [3.8, 4) is 11.3 Å². The molecule has 2 N–H and O–H groups in total. The number of rotatable bonds is 6. The minimum Gasteiger partial charge on any atom is -0.396 e. The van der Waals surface area contributed by atoms with Gasteiger partial charge in [0.25, 0.3) is 0 Å². The van der Waals surface area contributed by atoms with Crippen LogP contribution >= 0.6 is 11.3 Å². The topological polar surface area (TPSA) is 83.0 Å². The van der Waals surface area contributed by atoms with Gasteiger partial charge in [0.1, 0.15) is 9.04 Å². The van der Waals surface area contributed by atoms with E-state index in [2.05, 4.69) is 11.2 Å². The zero-order valence-electron chi connectivity index (χ0n) is 14.2. The Morgan fingerprint density at radius 3 is 2.92 bits per heavy atom. The molecule has 0 amide bonds. The van der Waals surface area contributed by atoms with Crippen molar-refractivity contribution in [1.29, 1.82) is 0 Å². The second kappa shape index (κ2) is 6.51. The van der Waals surface area contributed by atoms with Crippen LogP contribution in [0, 0.1) is 0 Å². The first-order valence-corrected chi connectivity index (χ1v) is 10.3. The molecule has 132 valence electrons. The van der Waals surface area contributed by atoms with E-state index in [0.29, 0.717) is 28.2 Å². The highest BCUT2D eigenvalue weighted by Crippen LogP contribution is 2.48. The largest absolute Gasteiger partial charge is 0.396 e. The van der Waals surface area contributed by atoms with Gasteiger partial charge in [-0.15, -0.1) is 11.3 Å². The second-order valence-electron chi connectivity index (χ2n) is 6.30. The van der Waals surface area contributed by atoms with E-state index in [-0.39, 0.29) is 0 Å².